The zero-order valence-electron chi connectivity index (χ0n) is 7.36. The molecule has 0 saturated heterocycles. The minimum absolute atomic E-state index is 0.120. The molecule has 12 heavy (non-hydrogen) atoms. The maximum Gasteiger partial charge on any atom is 0.106 e. The highest BCUT2D eigenvalue weighted by atomic mass is 16.3. The number of hydrogen-bond acceptors (Lipinski definition) is 3. The molecule has 1 heterocycles. The van der Waals surface area contributed by atoms with Crippen LogP contribution in [0, 0.1) is 6.92 Å². The van der Waals surface area contributed by atoms with E-state index < -0.39 is 5.54 Å². The summed E-state index contributed by atoms with van der Waals surface area (Å²) in [6.07, 6.45) is 3.50. The van der Waals surface area contributed by atoms with E-state index in [1.54, 1.807) is 24.0 Å². The molecule has 0 aliphatic heterocycles. The van der Waals surface area contributed by atoms with E-state index >= 15 is 0 Å². The van der Waals surface area contributed by atoms with Crippen LogP contribution >= 0.6 is 0 Å². The molecule has 1 rings (SSSR count). The van der Waals surface area contributed by atoms with E-state index in [2.05, 4.69) is 5.10 Å². The number of rotatable bonds is 3. The Morgan fingerprint density at radius 1 is 1.50 bits per heavy atom. The summed E-state index contributed by atoms with van der Waals surface area (Å²) < 4.78 is 1.59. The van der Waals surface area contributed by atoms with Gasteiger partial charge in [0.05, 0.1) is 19.4 Å². The molecule has 0 aromatic carbocycles. The molecule has 0 unspecified atom stereocenters. The smallest absolute Gasteiger partial charge is 0.106 e. The number of aromatic nitrogens is 2. The molecule has 0 fully saturated rings. The van der Waals surface area contributed by atoms with E-state index in [1.165, 1.54) is 0 Å². The lowest BCUT2D eigenvalue weighted by Crippen LogP contribution is -2.38. The SMILES string of the molecule is Cc1cnn(C(C)(CO)CO)c1. The largest absolute Gasteiger partial charge is 0.394 e. The molecule has 0 spiro atoms. The Balaban J connectivity index is 2.94. The van der Waals surface area contributed by atoms with Crippen LogP contribution in [-0.4, -0.2) is 33.2 Å². The number of aliphatic hydroxyl groups excluding tert-OH is 2. The third-order valence-electron chi connectivity index (χ3n) is 1.95. The molecule has 68 valence electrons. The molecule has 1 aromatic rings. The van der Waals surface area contributed by atoms with Gasteiger partial charge in [0, 0.05) is 6.20 Å². The number of nitrogens with zero attached hydrogens (tertiary/aromatic N) is 2. The molecule has 1 aromatic heterocycles. The van der Waals surface area contributed by atoms with Crippen LogP contribution in [0.3, 0.4) is 0 Å². The molecule has 2 N–H and O–H groups in total. The Morgan fingerprint density at radius 2 is 2.08 bits per heavy atom. The first-order valence-corrected chi connectivity index (χ1v) is 3.86. The maximum absolute atomic E-state index is 9.03. The third-order valence-corrected chi connectivity index (χ3v) is 1.95. The number of aryl methyl sites for hydroxylation is 1. The summed E-state index contributed by atoms with van der Waals surface area (Å²) in [5.41, 5.74) is 0.331. The van der Waals surface area contributed by atoms with Gasteiger partial charge in [-0.15, -0.1) is 0 Å². The number of aliphatic hydroxyl groups is 2. The van der Waals surface area contributed by atoms with Gasteiger partial charge in [0.1, 0.15) is 5.54 Å². The van der Waals surface area contributed by atoms with Crippen LogP contribution in [0.25, 0.3) is 0 Å². The second-order valence-electron chi connectivity index (χ2n) is 3.28. The van der Waals surface area contributed by atoms with Crippen molar-refractivity contribution in [2.45, 2.75) is 19.4 Å². The van der Waals surface area contributed by atoms with Gasteiger partial charge >= 0.3 is 0 Å². The van der Waals surface area contributed by atoms with Crippen LogP contribution in [0.2, 0.25) is 0 Å². The lowest BCUT2D eigenvalue weighted by Gasteiger charge is -2.24. The molecule has 0 radical (unpaired) electrons. The third kappa shape index (κ3) is 1.49. The van der Waals surface area contributed by atoms with Crippen molar-refractivity contribution < 1.29 is 10.2 Å². The number of hydrogen-bond donors (Lipinski definition) is 2. The second kappa shape index (κ2) is 3.25. The summed E-state index contributed by atoms with van der Waals surface area (Å²) in [4.78, 5) is 0. The van der Waals surface area contributed by atoms with Crippen LogP contribution < -0.4 is 0 Å². The highest BCUT2D eigenvalue weighted by Crippen LogP contribution is 2.13. The predicted octanol–water partition coefficient (Wildman–Crippen LogP) is -0.109. The zero-order valence-corrected chi connectivity index (χ0v) is 7.36. The van der Waals surface area contributed by atoms with Crippen molar-refractivity contribution in [3.8, 4) is 0 Å². The molecule has 4 nitrogen and oxygen atoms in total. The van der Waals surface area contributed by atoms with Crippen molar-refractivity contribution in [2.75, 3.05) is 13.2 Å². The van der Waals surface area contributed by atoms with E-state index in [0.717, 1.165) is 5.56 Å². The zero-order chi connectivity index (χ0) is 9.19. The molecule has 0 atom stereocenters. The van der Waals surface area contributed by atoms with Crippen LogP contribution in [0.15, 0.2) is 12.4 Å². The fraction of sp³-hybridized carbons (Fsp3) is 0.625. The molecular formula is C8H14N2O2. The Morgan fingerprint density at radius 3 is 2.42 bits per heavy atom. The molecule has 0 bridgehead atoms. The average molecular weight is 170 g/mol. The van der Waals surface area contributed by atoms with E-state index in [1.807, 2.05) is 6.92 Å². The lowest BCUT2D eigenvalue weighted by atomic mass is 10.1. The van der Waals surface area contributed by atoms with Crippen LogP contribution in [0.1, 0.15) is 12.5 Å². The van der Waals surface area contributed by atoms with Crippen LogP contribution in [0.4, 0.5) is 0 Å². The highest BCUT2D eigenvalue weighted by molar-refractivity contribution is 5.02. The van der Waals surface area contributed by atoms with Crippen molar-refractivity contribution in [1.82, 2.24) is 9.78 Å². The Bertz CT molecular complexity index is 253. The normalized spacial score (nSPS) is 12.0. The summed E-state index contributed by atoms with van der Waals surface area (Å²) in [6, 6.07) is 0. The monoisotopic (exact) mass is 170 g/mol. The molecule has 0 aliphatic rings. The van der Waals surface area contributed by atoms with Gasteiger partial charge < -0.3 is 10.2 Å². The molecule has 0 saturated carbocycles. The minimum Gasteiger partial charge on any atom is -0.394 e. The predicted molar refractivity (Wildman–Crippen MR) is 44.8 cm³/mol. The van der Waals surface area contributed by atoms with E-state index in [9.17, 15) is 0 Å². The summed E-state index contributed by atoms with van der Waals surface area (Å²) in [7, 11) is 0. The van der Waals surface area contributed by atoms with Crippen molar-refractivity contribution >= 4 is 0 Å². The van der Waals surface area contributed by atoms with Gasteiger partial charge in [0.25, 0.3) is 0 Å². The van der Waals surface area contributed by atoms with Gasteiger partial charge in [-0.1, -0.05) is 0 Å². The van der Waals surface area contributed by atoms with E-state index in [4.69, 9.17) is 10.2 Å². The molecule has 4 heteroatoms. The van der Waals surface area contributed by atoms with Gasteiger partial charge in [0.15, 0.2) is 0 Å². The van der Waals surface area contributed by atoms with Crippen molar-refractivity contribution in [3.63, 3.8) is 0 Å². The van der Waals surface area contributed by atoms with E-state index in [0.29, 0.717) is 0 Å². The second-order valence-corrected chi connectivity index (χ2v) is 3.28. The van der Waals surface area contributed by atoms with Crippen LogP contribution in [-0.2, 0) is 5.54 Å². The molecule has 0 aliphatic carbocycles. The molecule has 0 amide bonds. The topological polar surface area (TPSA) is 58.3 Å². The minimum atomic E-state index is -0.686. The fourth-order valence-corrected chi connectivity index (χ4v) is 0.903. The summed E-state index contributed by atoms with van der Waals surface area (Å²) in [6.45, 7) is 3.42. The van der Waals surface area contributed by atoms with Crippen molar-refractivity contribution in [2.24, 2.45) is 0 Å². The van der Waals surface area contributed by atoms with Gasteiger partial charge in [-0.2, -0.15) is 5.10 Å². The fourth-order valence-electron chi connectivity index (χ4n) is 0.903. The van der Waals surface area contributed by atoms with Gasteiger partial charge in [-0.25, -0.2) is 0 Å². The van der Waals surface area contributed by atoms with Crippen molar-refractivity contribution in [1.29, 1.82) is 0 Å². The Labute approximate surface area is 71.5 Å². The van der Waals surface area contributed by atoms with Gasteiger partial charge in [0.2, 0.25) is 0 Å². The lowest BCUT2D eigenvalue weighted by molar-refractivity contribution is 0.0681. The standard InChI is InChI=1S/C8H14N2O2/c1-7-3-9-10(4-7)8(2,5-11)6-12/h3-4,11-12H,5-6H2,1-2H3. The Hall–Kier alpha value is -0.870. The first-order valence-electron chi connectivity index (χ1n) is 3.86. The summed E-state index contributed by atoms with van der Waals surface area (Å²) >= 11 is 0. The average Bonchev–Trinajstić information content (AvgIpc) is 2.51. The highest BCUT2D eigenvalue weighted by Gasteiger charge is 2.24. The van der Waals surface area contributed by atoms with Gasteiger partial charge in [-0.3, -0.25) is 4.68 Å². The van der Waals surface area contributed by atoms with Gasteiger partial charge in [-0.05, 0) is 19.4 Å². The quantitative estimate of drug-likeness (QED) is 0.665. The molecular weight excluding hydrogens is 156 g/mol. The summed E-state index contributed by atoms with van der Waals surface area (Å²) in [5, 5.41) is 22.1. The maximum atomic E-state index is 9.03. The first kappa shape index (κ1) is 9.22. The van der Waals surface area contributed by atoms with Crippen LogP contribution in [0.5, 0.6) is 0 Å². The van der Waals surface area contributed by atoms with Crippen molar-refractivity contribution in [3.05, 3.63) is 18.0 Å². The first-order chi connectivity index (χ1) is 5.62. The Kier molecular flexibility index (Phi) is 2.49. The van der Waals surface area contributed by atoms with E-state index in [-0.39, 0.29) is 13.2 Å². The summed E-state index contributed by atoms with van der Waals surface area (Å²) in [5.74, 6) is 0.